The molecule has 3 nitrogen and oxygen atoms in total. The van der Waals surface area contributed by atoms with Gasteiger partial charge in [-0.05, 0) is 63.1 Å². The van der Waals surface area contributed by atoms with Crippen molar-refractivity contribution < 1.29 is 14.6 Å². The van der Waals surface area contributed by atoms with Gasteiger partial charge in [0.2, 0.25) is 0 Å². The van der Waals surface area contributed by atoms with E-state index in [0.29, 0.717) is 6.61 Å². The van der Waals surface area contributed by atoms with Crippen LogP contribution in [0, 0.1) is 38.5 Å². The van der Waals surface area contributed by atoms with E-state index in [1.807, 2.05) is 6.92 Å². The third kappa shape index (κ3) is 2.61. The van der Waals surface area contributed by atoms with Crippen LogP contribution in [-0.4, -0.2) is 24.1 Å². The van der Waals surface area contributed by atoms with E-state index in [0.717, 1.165) is 40.9 Å². The molecule has 0 aliphatic heterocycles. The predicted octanol–water partition coefficient (Wildman–Crippen LogP) is 3.58. The Morgan fingerprint density at radius 1 is 1.13 bits per heavy atom. The van der Waals surface area contributed by atoms with E-state index < -0.39 is 0 Å². The van der Waals surface area contributed by atoms with Crippen LogP contribution in [-0.2, 0) is 9.53 Å². The predicted molar refractivity (Wildman–Crippen MR) is 91.0 cm³/mol. The highest BCUT2D eigenvalue weighted by Gasteiger charge is 2.49. The molecule has 2 aliphatic carbocycles. The van der Waals surface area contributed by atoms with Crippen LogP contribution in [0.25, 0.3) is 5.57 Å². The topological polar surface area (TPSA) is 46.5 Å². The van der Waals surface area contributed by atoms with Crippen molar-refractivity contribution in [2.45, 2.75) is 40.5 Å². The lowest BCUT2D eigenvalue weighted by molar-refractivity contribution is -0.117. The number of fused-ring (bicyclic) bond motifs is 1. The number of hydrogen-bond acceptors (Lipinski definition) is 3. The summed E-state index contributed by atoms with van der Waals surface area (Å²) < 4.78 is 5.96. The van der Waals surface area contributed by atoms with Gasteiger partial charge in [0.05, 0.1) is 12.2 Å². The molecule has 0 bridgehead atoms. The van der Waals surface area contributed by atoms with E-state index in [9.17, 15) is 9.90 Å². The van der Waals surface area contributed by atoms with Crippen molar-refractivity contribution in [2.75, 3.05) is 13.2 Å². The number of aliphatic hydroxyl groups is 1. The molecule has 1 saturated carbocycles. The fourth-order valence-electron chi connectivity index (χ4n) is 4.52. The lowest BCUT2D eigenvalue weighted by Crippen LogP contribution is -2.13. The van der Waals surface area contributed by atoms with E-state index in [-0.39, 0.29) is 30.1 Å². The van der Waals surface area contributed by atoms with Crippen LogP contribution >= 0.6 is 0 Å². The van der Waals surface area contributed by atoms with Crippen LogP contribution in [0.3, 0.4) is 0 Å². The van der Waals surface area contributed by atoms with Crippen molar-refractivity contribution in [3.63, 3.8) is 0 Å². The van der Waals surface area contributed by atoms with Crippen LogP contribution < -0.4 is 0 Å². The van der Waals surface area contributed by atoms with Crippen molar-refractivity contribution in [1.82, 2.24) is 0 Å². The minimum atomic E-state index is -0.0104. The molecule has 0 saturated heterocycles. The molecular formula is C20H26O3. The number of allylic oxidation sites excluding steroid dienone is 2. The fourth-order valence-corrected chi connectivity index (χ4v) is 4.52. The quantitative estimate of drug-likeness (QED) is 0.924. The second-order valence-electron chi connectivity index (χ2n) is 7.04. The summed E-state index contributed by atoms with van der Waals surface area (Å²) in [6.45, 7) is 8.93. The van der Waals surface area contributed by atoms with Crippen molar-refractivity contribution in [1.29, 1.82) is 0 Å². The van der Waals surface area contributed by atoms with Crippen LogP contribution in [0.2, 0.25) is 0 Å². The van der Waals surface area contributed by atoms with Crippen LogP contribution in [0.1, 0.15) is 42.0 Å². The maximum Gasteiger partial charge on any atom is 0.170 e. The molecule has 3 atom stereocenters. The van der Waals surface area contributed by atoms with E-state index in [1.165, 1.54) is 5.56 Å². The second kappa shape index (κ2) is 6.12. The summed E-state index contributed by atoms with van der Waals surface area (Å²) in [5, 5.41) is 9.46. The molecule has 1 fully saturated rings. The molecule has 124 valence electrons. The molecule has 1 aromatic rings. The van der Waals surface area contributed by atoms with Gasteiger partial charge in [-0.2, -0.15) is 0 Å². The summed E-state index contributed by atoms with van der Waals surface area (Å²) >= 11 is 0. The van der Waals surface area contributed by atoms with Gasteiger partial charge < -0.3 is 9.84 Å². The molecule has 1 N–H and O–H groups in total. The van der Waals surface area contributed by atoms with Gasteiger partial charge >= 0.3 is 0 Å². The number of carbonyl (C=O) groups is 1. The molecule has 0 amide bonds. The van der Waals surface area contributed by atoms with Crippen molar-refractivity contribution in [3.8, 4) is 0 Å². The van der Waals surface area contributed by atoms with Crippen LogP contribution in [0.4, 0.5) is 0 Å². The first-order valence-electron chi connectivity index (χ1n) is 8.58. The van der Waals surface area contributed by atoms with Gasteiger partial charge in [-0.25, -0.2) is 0 Å². The summed E-state index contributed by atoms with van der Waals surface area (Å²) in [4.78, 5) is 13.1. The van der Waals surface area contributed by atoms with Gasteiger partial charge in [0.1, 0.15) is 5.76 Å². The molecule has 2 aliphatic rings. The first kappa shape index (κ1) is 16.3. The number of carbonyl (C=O) groups excluding carboxylic acids is 1. The van der Waals surface area contributed by atoms with Crippen LogP contribution in [0.5, 0.6) is 0 Å². The number of aryl methyl sites for hydroxylation is 3. The molecule has 0 aromatic heterocycles. The van der Waals surface area contributed by atoms with Crippen molar-refractivity contribution >= 4 is 11.4 Å². The SMILES string of the molecule is CCOC1=C(c2c(C)cc(C)cc2C)C(=O)C2CC(CO)CC12. The summed E-state index contributed by atoms with van der Waals surface area (Å²) in [7, 11) is 0. The summed E-state index contributed by atoms with van der Waals surface area (Å²) in [6.07, 6.45) is 1.64. The number of aliphatic hydroxyl groups excluding tert-OH is 1. The Balaban J connectivity index is 2.12. The Labute approximate surface area is 138 Å². The molecule has 0 spiro atoms. The lowest BCUT2D eigenvalue weighted by Gasteiger charge is -2.17. The third-order valence-electron chi connectivity index (χ3n) is 5.31. The summed E-state index contributed by atoms with van der Waals surface area (Å²) in [5.41, 5.74) is 5.35. The number of ether oxygens (including phenoxy) is 1. The molecule has 23 heavy (non-hydrogen) atoms. The number of rotatable bonds is 4. The van der Waals surface area contributed by atoms with Gasteiger partial charge in [-0.15, -0.1) is 0 Å². The fraction of sp³-hybridized carbons (Fsp3) is 0.550. The Kier molecular flexibility index (Phi) is 4.33. The zero-order valence-electron chi connectivity index (χ0n) is 14.5. The lowest BCUT2D eigenvalue weighted by atomic mass is 9.90. The smallest absolute Gasteiger partial charge is 0.170 e. The average Bonchev–Trinajstić information content (AvgIpc) is 3.01. The monoisotopic (exact) mass is 314 g/mol. The standard InChI is InChI=1S/C20H26O3/c1-5-23-20-16-9-14(10-21)8-15(16)19(22)18(20)17-12(3)6-11(2)7-13(17)4/h6-7,14-16,21H,5,8-10H2,1-4H3. The zero-order chi connectivity index (χ0) is 16.7. The van der Waals surface area contributed by atoms with E-state index in [4.69, 9.17) is 4.74 Å². The van der Waals surface area contributed by atoms with Gasteiger partial charge in [-0.1, -0.05) is 17.7 Å². The number of benzene rings is 1. The molecule has 3 rings (SSSR count). The van der Waals surface area contributed by atoms with Gasteiger partial charge in [0.25, 0.3) is 0 Å². The number of ketones is 1. The van der Waals surface area contributed by atoms with Crippen molar-refractivity contribution in [2.24, 2.45) is 17.8 Å². The highest BCUT2D eigenvalue weighted by Crippen LogP contribution is 2.51. The highest BCUT2D eigenvalue weighted by molar-refractivity contribution is 6.25. The minimum Gasteiger partial charge on any atom is -0.497 e. The maximum absolute atomic E-state index is 13.1. The first-order chi connectivity index (χ1) is 11.0. The Hall–Kier alpha value is -1.61. The largest absolute Gasteiger partial charge is 0.497 e. The second-order valence-corrected chi connectivity index (χ2v) is 7.04. The van der Waals surface area contributed by atoms with E-state index in [2.05, 4.69) is 32.9 Å². The van der Waals surface area contributed by atoms with E-state index >= 15 is 0 Å². The van der Waals surface area contributed by atoms with Gasteiger partial charge in [-0.3, -0.25) is 4.79 Å². The minimum absolute atomic E-state index is 0.0104. The van der Waals surface area contributed by atoms with Crippen molar-refractivity contribution in [3.05, 3.63) is 40.1 Å². The normalized spacial score (nSPS) is 26.8. The van der Waals surface area contributed by atoms with Gasteiger partial charge in [0, 0.05) is 18.4 Å². The summed E-state index contributed by atoms with van der Waals surface area (Å²) in [5.74, 6) is 1.45. The Morgan fingerprint density at radius 3 is 2.30 bits per heavy atom. The number of Topliss-reactive ketones (excluding diaryl/α,β-unsaturated/α-hetero) is 1. The molecule has 3 unspecified atom stereocenters. The maximum atomic E-state index is 13.1. The average molecular weight is 314 g/mol. The summed E-state index contributed by atoms with van der Waals surface area (Å²) in [6, 6.07) is 4.27. The number of hydrogen-bond donors (Lipinski definition) is 1. The third-order valence-corrected chi connectivity index (χ3v) is 5.31. The Morgan fingerprint density at radius 2 is 1.74 bits per heavy atom. The molecular weight excluding hydrogens is 288 g/mol. The van der Waals surface area contributed by atoms with Crippen LogP contribution in [0.15, 0.2) is 17.9 Å². The highest BCUT2D eigenvalue weighted by atomic mass is 16.5. The zero-order valence-corrected chi connectivity index (χ0v) is 14.5. The van der Waals surface area contributed by atoms with E-state index in [1.54, 1.807) is 0 Å². The molecule has 3 heteroatoms. The molecule has 1 aromatic carbocycles. The molecule has 0 radical (unpaired) electrons. The van der Waals surface area contributed by atoms with Gasteiger partial charge in [0.15, 0.2) is 5.78 Å². The molecule has 0 heterocycles. The Bertz CT molecular complexity index is 648. The first-order valence-corrected chi connectivity index (χ1v) is 8.58.